The zero-order valence-electron chi connectivity index (χ0n) is 5.25. The molecule has 4 heteroatoms. The van der Waals surface area contributed by atoms with Crippen molar-refractivity contribution in [3.05, 3.63) is 0 Å². The van der Waals surface area contributed by atoms with Gasteiger partial charge in [-0.2, -0.15) is 12.6 Å². The second-order valence-electron chi connectivity index (χ2n) is 2.52. The van der Waals surface area contributed by atoms with Gasteiger partial charge in [0.15, 0.2) is 0 Å². The Labute approximate surface area is 60.6 Å². The maximum absolute atomic E-state index is 5.65. The summed E-state index contributed by atoms with van der Waals surface area (Å²) < 4.78 is 0. The topological polar surface area (TPSA) is 64.1 Å². The van der Waals surface area contributed by atoms with Gasteiger partial charge in [-0.25, -0.2) is 0 Å². The summed E-state index contributed by atoms with van der Waals surface area (Å²) in [6, 6.07) is 0.226. The van der Waals surface area contributed by atoms with Crippen LogP contribution in [-0.2, 0) is 0 Å². The zero-order valence-corrected chi connectivity index (χ0v) is 6.14. The Bertz CT molecular complexity index is 73.2. The highest BCUT2D eigenvalue weighted by molar-refractivity contribution is 7.80. The van der Waals surface area contributed by atoms with Gasteiger partial charge in [0.25, 0.3) is 0 Å². The van der Waals surface area contributed by atoms with Gasteiger partial charge in [0.2, 0.25) is 0 Å². The van der Waals surface area contributed by atoms with Crippen LogP contribution >= 0.6 is 12.6 Å². The Morgan fingerprint density at radius 2 is 2.00 bits per heavy atom. The van der Waals surface area contributed by atoms with Crippen LogP contribution in [0.25, 0.3) is 0 Å². The molecule has 1 saturated heterocycles. The number of rotatable bonds is 0. The van der Waals surface area contributed by atoms with Gasteiger partial charge in [0.1, 0.15) is 0 Å². The molecule has 0 radical (unpaired) electrons. The van der Waals surface area contributed by atoms with Crippen LogP contribution < -0.4 is 16.8 Å². The van der Waals surface area contributed by atoms with Crippen molar-refractivity contribution in [3.8, 4) is 0 Å². The first-order chi connectivity index (χ1) is 4.18. The summed E-state index contributed by atoms with van der Waals surface area (Å²) in [5.41, 5.74) is 11.2. The van der Waals surface area contributed by atoms with Crippen molar-refractivity contribution >= 4 is 12.6 Å². The maximum atomic E-state index is 5.65. The minimum atomic E-state index is 0.0382. The molecule has 0 aromatic carbocycles. The number of piperidine rings is 1. The first-order valence-corrected chi connectivity index (χ1v) is 3.65. The zero-order chi connectivity index (χ0) is 6.85. The van der Waals surface area contributed by atoms with Crippen molar-refractivity contribution < 1.29 is 0 Å². The molecular weight excluding hydrogens is 134 g/mol. The Hall–Kier alpha value is 0.230. The van der Waals surface area contributed by atoms with Gasteiger partial charge in [-0.05, 0) is 12.8 Å². The second kappa shape index (κ2) is 2.88. The van der Waals surface area contributed by atoms with Gasteiger partial charge < -0.3 is 11.5 Å². The van der Waals surface area contributed by atoms with Gasteiger partial charge in [-0.15, -0.1) is 0 Å². The van der Waals surface area contributed by atoms with E-state index in [1.165, 1.54) is 0 Å². The third-order valence-corrected chi connectivity index (χ3v) is 1.85. The molecule has 1 heterocycles. The van der Waals surface area contributed by atoms with E-state index in [0.717, 1.165) is 12.8 Å². The molecule has 3 atom stereocenters. The van der Waals surface area contributed by atoms with Crippen molar-refractivity contribution in [2.24, 2.45) is 11.5 Å². The predicted molar refractivity (Wildman–Crippen MR) is 41.1 cm³/mol. The van der Waals surface area contributed by atoms with E-state index in [2.05, 4.69) is 17.9 Å². The highest BCUT2D eigenvalue weighted by Gasteiger charge is 2.20. The molecule has 3 unspecified atom stereocenters. The molecule has 1 aliphatic rings. The van der Waals surface area contributed by atoms with Gasteiger partial charge in [0.05, 0.1) is 11.5 Å². The molecule has 0 aromatic heterocycles. The number of hydrogen-bond donors (Lipinski definition) is 4. The average molecular weight is 147 g/mol. The SMILES string of the molecule is NC1CC(N)NC(S)C1. The molecule has 0 aromatic rings. The Balaban J connectivity index is 2.34. The van der Waals surface area contributed by atoms with Crippen LogP contribution in [0.3, 0.4) is 0 Å². The molecule has 0 spiro atoms. The summed E-state index contributed by atoms with van der Waals surface area (Å²) in [5, 5.41) is 3.26. The van der Waals surface area contributed by atoms with E-state index in [9.17, 15) is 0 Å². The second-order valence-corrected chi connectivity index (χ2v) is 3.14. The molecular formula is C5H13N3S. The first-order valence-electron chi connectivity index (χ1n) is 3.14. The molecule has 9 heavy (non-hydrogen) atoms. The third kappa shape index (κ3) is 2.14. The molecule has 0 saturated carbocycles. The molecule has 1 rings (SSSR count). The lowest BCUT2D eigenvalue weighted by Gasteiger charge is -2.29. The minimum Gasteiger partial charge on any atom is -0.328 e. The fourth-order valence-corrected chi connectivity index (χ4v) is 1.55. The highest BCUT2D eigenvalue weighted by atomic mass is 32.1. The van der Waals surface area contributed by atoms with E-state index in [1.807, 2.05) is 0 Å². The van der Waals surface area contributed by atoms with Crippen LogP contribution in [0.15, 0.2) is 0 Å². The molecule has 0 bridgehead atoms. The van der Waals surface area contributed by atoms with Crippen LogP contribution in [0.2, 0.25) is 0 Å². The van der Waals surface area contributed by atoms with Gasteiger partial charge in [-0.1, -0.05) is 0 Å². The Morgan fingerprint density at radius 3 is 2.44 bits per heavy atom. The predicted octanol–water partition coefficient (Wildman–Crippen LogP) is -0.762. The average Bonchev–Trinajstić information content (AvgIpc) is 1.59. The molecule has 3 nitrogen and oxygen atoms in total. The fourth-order valence-electron chi connectivity index (χ4n) is 1.09. The smallest absolute Gasteiger partial charge is 0.0569 e. The minimum absolute atomic E-state index is 0.0382. The molecule has 5 N–H and O–H groups in total. The van der Waals surface area contributed by atoms with Crippen LogP contribution in [0.1, 0.15) is 12.8 Å². The van der Waals surface area contributed by atoms with Crippen molar-refractivity contribution in [1.29, 1.82) is 0 Å². The van der Waals surface area contributed by atoms with E-state index in [0.29, 0.717) is 0 Å². The van der Waals surface area contributed by atoms with E-state index < -0.39 is 0 Å². The lowest BCUT2D eigenvalue weighted by atomic mass is 10.1. The standard InChI is InChI=1S/C5H13N3S/c6-3-1-4(7)8-5(9)2-3/h3-5,8-9H,1-2,6-7H2. The van der Waals surface area contributed by atoms with Crippen LogP contribution in [0.4, 0.5) is 0 Å². The normalized spacial score (nSPS) is 45.0. The lowest BCUT2D eigenvalue weighted by Crippen LogP contribution is -2.52. The number of hydrogen-bond acceptors (Lipinski definition) is 4. The highest BCUT2D eigenvalue weighted by Crippen LogP contribution is 2.10. The van der Waals surface area contributed by atoms with Crippen LogP contribution in [0.5, 0.6) is 0 Å². The van der Waals surface area contributed by atoms with E-state index in [4.69, 9.17) is 11.5 Å². The number of nitrogens with two attached hydrogens (primary N) is 2. The van der Waals surface area contributed by atoms with Gasteiger partial charge >= 0.3 is 0 Å². The van der Waals surface area contributed by atoms with Crippen molar-refractivity contribution in [1.82, 2.24) is 5.32 Å². The molecule has 0 amide bonds. The Morgan fingerprint density at radius 1 is 1.33 bits per heavy atom. The van der Waals surface area contributed by atoms with Gasteiger partial charge in [0, 0.05) is 6.04 Å². The fraction of sp³-hybridized carbons (Fsp3) is 1.00. The molecule has 0 aliphatic carbocycles. The maximum Gasteiger partial charge on any atom is 0.0569 e. The first kappa shape index (κ1) is 7.34. The Kier molecular flexibility index (Phi) is 2.35. The number of thiol groups is 1. The summed E-state index contributed by atoms with van der Waals surface area (Å²) in [4.78, 5) is 0. The lowest BCUT2D eigenvalue weighted by molar-refractivity contribution is 0.352. The van der Waals surface area contributed by atoms with E-state index in [1.54, 1.807) is 0 Å². The monoisotopic (exact) mass is 147 g/mol. The van der Waals surface area contributed by atoms with Crippen molar-refractivity contribution in [3.63, 3.8) is 0 Å². The van der Waals surface area contributed by atoms with Gasteiger partial charge in [-0.3, -0.25) is 5.32 Å². The largest absolute Gasteiger partial charge is 0.328 e. The van der Waals surface area contributed by atoms with Crippen molar-refractivity contribution in [2.45, 2.75) is 30.4 Å². The van der Waals surface area contributed by atoms with Crippen molar-refractivity contribution in [2.75, 3.05) is 0 Å². The summed E-state index contributed by atoms with van der Waals surface area (Å²) in [5.74, 6) is 0. The molecule has 1 aliphatic heterocycles. The summed E-state index contributed by atoms with van der Waals surface area (Å²) in [7, 11) is 0. The summed E-state index contributed by atoms with van der Waals surface area (Å²) >= 11 is 4.21. The third-order valence-electron chi connectivity index (χ3n) is 1.49. The molecule has 1 fully saturated rings. The summed E-state index contributed by atoms with van der Waals surface area (Å²) in [6.45, 7) is 0. The number of nitrogens with one attached hydrogen (secondary N) is 1. The van der Waals surface area contributed by atoms with E-state index in [-0.39, 0.29) is 17.6 Å². The van der Waals surface area contributed by atoms with Crippen LogP contribution in [0, 0.1) is 0 Å². The van der Waals surface area contributed by atoms with Crippen LogP contribution in [-0.4, -0.2) is 17.6 Å². The summed E-state index contributed by atoms with van der Waals surface area (Å²) in [6.07, 6.45) is 1.81. The van der Waals surface area contributed by atoms with E-state index >= 15 is 0 Å². The quantitative estimate of drug-likeness (QED) is 0.340. The molecule has 54 valence electrons.